The van der Waals surface area contributed by atoms with Crippen LogP contribution in [-0.4, -0.2) is 28.7 Å². The second-order valence-electron chi connectivity index (χ2n) is 6.41. The molecule has 7 heteroatoms. The lowest BCUT2D eigenvalue weighted by Crippen LogP contribution is -2.06. The number of hydrogen-bond acceptors (Lipinski definition) is 5. The molecule has 6 nitrogen and oxygen atoms in total. The van der Waals surface area contributed by atoms with Crippen molar-refractivity contribution in [1.29, 1.82) is 0 Å². The van der Waals surface area contributed by atoms with E-state index in [9.17, 15) is 9.36 Å². The maximum absolute atomic E-state index is 11.2. The maximum Gasteiger partial charge on any atom is 0.335 e. The third kappa shape index (κ3) is 9.49. The minimum atomic E-state index is -0.848. The Hall–Kier alpha value is -3.11. The van der Waals surface area contributed by atoms with E-state index in [2.05, 4.69) is 20.6 Å². The Morgan fingerprint density at radius 3 is 2.29 bits per heavy atom. The van der Waals surface area contributed by atoms with Crippen molar-refractivity contribution in [3.8, 4) is 11.3 Å². The molecule has 1 heterocycles. The number of carbonyl (C=O) groups excluding carboxylic acids is 1. The van der Waals surface area contributed by atoms with Crippen LogP contribution in [0.15, 0.2) is 60.8 Å². The van der Waals surface area contributed by atoms with E-state index >= 15 is 0 Å². The van der Waals surface area contributed by atoms with Gasteiger partial charge in [0.2, 0.25) is 11.9 Å². The molecule has 0 fully saturated rings. The number of aromatic nitrogens is 2. The van der Waals surface area contributed by atoms with E-state index in [4.69, 9.17) is 0 Å². The van der Waals surface area contributed by atoms with Gasteiger partial charge in [0.05, 0.1) is 5.69 Å². The number of rotatable bonds is 5. The lowest BCUT2D eigenvalue weighted by Gasteiger charge is -2.11. The molecule has 0 aliphatic heterocycles. The molecule has 1 unspecified atom stereocenters. The van der Waals surface area contributed by atoms with Crippen LogP contribution in [0.25, 0.3) is 11.3 Å². The van der Waals surface area contributed by atoms with Gasteiger partial charge in [0.15, 0.2) is 0 Å². The fraction of sp³-hybridized carbons (Fsp3) is 0.292. The van der Waals surface area contributed by atoms with E-state index in [0.29, 0.717) is 5.95 Å². The zero-order valence-corrected chi connectivity index (χ0v) is 20.0. The number of amides is 1. The topological polar surface area (TPSA) is 84.0 Å². The normalized spacial score (nSPS) is 9.94. The van der Waals surface area contributed by atoms with Crippen molar-refractivity contribution in [1.82, 2.24) is 9.97 Å². The summed E-state index contributed by atoms with van der Waals surface area (Å²) in [6, 6.07) is 17.5. The molecular formula is C24H32N4O2P+. The highest BCUT2D eigenvalue weighted by molar-refractivity contribution is 7.43. The Bertz CT molecular complexity index is 978. The highest BCUT2D eigenvalue weighted by atomic mass is 31.1. The molecule has 2 aromatic carbocycles. The van der Waals surface area contributed by atoms with Crippen LogP contribution in [0.4, 0.5) is 17.3 Å². The van der Waals surface area contributed by atoms with Crippen LogP contribution in [0.2, 0.25) is 0 Å². The molecule has 31 heavy (non-hydrogen) atoms. The smallest absolute Gasteiger partial charge is 0.326 e. The quantitative estimate of drug-likeness (QED) is 0.435. The summed E-state index contributed by atoms with van der Waals surface area (Å²) in [5.41, 5.74) is 4.51. The molecular weight excluding hydrogens is 407 g/mol. The summed E-state index contributed by atoms with van der Waals surface area (Å²) < 4.78 is 9.96. The molecule has 164 valence electrons. The summed E-state index contributed by atoms with van der Waals surface area (Å²) in [5.74, 6) is 0.409. The van der Waals surface area contributed by atoms with E-state index < -0.39 is 7.80 Å². The SMILES string of the molecule is CC.CC(=O)Nc1ccc(C)c(Nc2nccc(-c3ccccc3)n2)c1.CC[P+](C)=O. The Morgan fingerprint density at radius 2 is 1.71 bits per heavy atom. The van der Waals surface area contributed by atoms with E-state index in [0.717, 1.165) is 34.4 Å². The van der Waals surface area contributed by atoms with Crippen LogP contribution in [0.5, 0.6) is 0 Å². The lowest BCUT2D eigenvalue weighted by atomic mass is 10.1. The van der Waals surface area contributed by atoms with Crippen molar-refractivity contribution < 1.29 is 9.36 Å². The van der Waals surface area contributed by atoms with Gasteiger partial charge in [-0.1, -0.05) is 54.8 Å². The van der Waals surface area contributed by atoms with Crippen molar-refractivity contribution in [2.24, 2.45) is 0 Å². The zero-order chi connectivity index (χ0) is 23.2. The summed E-state index contributed by atoms with van der Waals surface area (Å²) in [6.45, 7) is 11.1. The monoisotopic (exact) mass is 439 g/mol. The van der Waals surface area contributed by atoms with Crippen molar-refractivity contribution in [3.63, 3.8) is 0 Å². The summed E-state index contributed by atoms with van der Waals surface area (Å²) in [7, 11) is -0.848. The van der Waals surface area contributed by atoms with Crippen molar-refractivity contribution >= 4 is 31.0 Å². The molecule has 2 N–H and O–H groups in total. The highest BCUT2D eigenvalue weighted by Crippen LogP contribution is 2.24. The third-order valence-electron chi connectivity index (χ3n) is 3.97. The Kier molecular flexibility index (Phi) is 11.7. The minimum Gasteiger partial charge on any atom is -0.326 e. The van der Waals surface area contributed by atoms with Crippen LogP contribution < -0.4 is 10.6 Å². The number of nitrogens with one attached hydrogen (secondary N) is 2. The van der Waals surface area contributed by atoms with Gasteiger partial charge >= 0.3 is 7.80 Å². The van der Waals surface area contributed by atoms with Crippen LogP contribution in [0.1, 0.15) is 33.3 Å². The molecule has 0 spiro atoms. The molecule has 0 aliphatic carbocycles. The summed E-state index contributed by atoms with van der Waals surface area (Å²) in [4.78, 5) is 20.1. The number of nitrogens with zero attached hydrogens (tertiary/aromatic N) is 2. The van der Waals surface area contributed by atoms with E-state index in [1.165, 1.54) is 6.92 Å². The molecule has 3 rings (SSSR count). The van der Waals surface area contributed by atoms with Gasteiger partial charge in [0, 0.05) is 30.1 Å². The van der Waals surface area contributed by atoms with Gasteiger partial charge < -0.3 is 10.6 Å². The molecule has 1 amide bonds. The van der Waals surface area contributed by atoms with Crippen molar-refractivity contribution in [2.45, 2.75) is 34.6 Å². The number of anilines is 3. The highest BCUT2D eigenvalue weighted by Gasteiger charge is 2.06. The van der Waals surface area contributed by atoms with E-state index in [-0.39, 0.29) is 5.91 Å². The first-order valence-corrected chi connectivity index (χ1v) is 12.2. The standard InChI is InChI=1S/C19H18N4O.C3H8OP.C2H6/c1-13-8-9-16(21-14(2)24)12-18(13)23-19-20-11-10-17(22-19)15-6-4-3-5-7-15;1-3-5(2)4;1-2/h3-12H,1-2H3,(H,21,24)(H,20,22,23);3H2,1-2H3;1-2H3/q;+1;. The second kappa shape index (κ2) is 14.0. The van der Waals surface area contributed by atoms with Gasteiger partial charge in [-0.2, -0.15) is 0 Å². The Labute approximate surface area is 186 Å². The van der Waals surface area contributed by atoms with Gasteiger partial charge in [-0.05, 0) is 37.6 Å². The molecule has 0 bridgehead atoms. The molecule has 0 radical (unpaired) electrons. The van der Waals surface area contributed by atoms with Crippen LogP contribution >= 0.6 is 7.80 Å². The fourth-order valence-electron chi connectivity index (χ4n) is 2.35. The van der Waals surface area contributed by atoms with Crippen LogP contribution in [0.3, 0.4) is 0 Å². The van der Waals surface area contributed by atoms with Crippen molar-refractivity contribution in [3.05, 3.63) is 66.4 Å². The predicted molar refractivity (Wildman–Crippen MR) is 132 cm³/mol. The molecule has 0 saturated heterocycles. The first kappa shape index (κ1) is 25.9. The summed E-state index contributed by atoms with van der Waals surface area (Å²) in [5, 5.41) is 6.00. The summed E-state index contributed by atoms with van der Waals surface area (Å²) in [6.07, 6.45) is 2.54. The average molecular weight is 440 g/mol. The maximum atomic E-state index is 11.2. The van der Waals surface area contributed by atoms with E-state index in [1.54, 1.807) is 12.9 Å². The molecule has 0 saturated carbocycles. The van der Waals surface area contributed by atoms with E-state index in [1.807, 2.05) is 82.3 Å². The Morgan fingerprint density at radius 1 is 1.06 bits per heavy atom. The fourth-order valence-corrected chi connectivity index (χ4v) is 2.35. The second-order valence-corrected chi connectivity index (χ2v) is 8.30. The Balaban J connectivity index is 0.000000605. The molecule has 1 atom stereocenters. The molecule has 3 aromatic rings. The van der Waals surface area contributed by atoms with Gasteiger partial charge in [0.1, 0.15) is 12.8 Å². The number of aryl methyl sites for hydroxylation is 1. The lowest BCUT2D eigenvalue weighted by molar-refractivity contribution is -0.114. The van der Waals surface area contributed by atoms with Gasteiger partial charge in [0.25, 0.3) is 0 Å². The number of carbonyl (C=O) groups is 1. The first-order valence-electron chi connectivity index (χ1n) is 10.3. The number of hydrogen-bond donors (Lipinski definition) is 2. The zero-order valence-electron chi connectivity index (χ0n) is 19.1. The van der Waals surface area contributed by atoms with Crippen LogP contribution in [-0.2, 0) is 9.36 Å². The number of benzene rings is 2. The third-order valence-corrected chi connectivity index (χ3v) is 4.87. The first-order chi connectivity index (χ1) is 14.9. The molecule has 0 aliphatic rings. The van der Waals surface area contributed by atoms with Crippen molar-refractivity contribution in [2.75, 3.05) is 23.5 Å². The largest absolute Gasteiger partial charge is 0.335 e. The van der Waals surface area contributed by atoms with Crippen LogP contribution in [0, 0.1) is 6.92 Å². The average Bonchev–Trinajstić information content (AvgIpc) is 2.78. The predicted octanol–water partition coefficient (Wildman–Crippen LogP) is 6.64. The van der Waals surface area contributed by atoms with Gasteiger partial charge in [-0.15, -0.1) is 0 Å². The summed E-state index contributed by atoms with van der Waals surface area (Å²) >= 11 is 0. The van der Waals surface area contributed by atoms with Gasteiger partial charge in [-0.3, -0.25) is 4.79 Å². The minimum absolute atomic E-state index is 0.105. The molecule has 1 aromatic heterocycles. The van der Waals surface area contributed by atoms with Gasteiger partial charge in [-0.25, -0.2) is 9.97 Å².